The molecule has 0 fully saturated rings. The first kappa shape index (κ1) is 22.8. The predicted molar refractivity (Wildman–Crippen MR) is 122 cm³/mol. The Hall–Kier alpha value is -4.40. The summed E-state index contributed by atoms with van der Waals surface area (Å²) in [5.74, 6) is -1.73. The number of aryl methyl sites for hydroxylation is 1. The van der Waals surface area contributed by atoms with Crippen LogP contribution in [0.4, 0.5) is 8.78 Å². The van der Waals surface area contributed by atoms with E-state index >= 15 is 0 Å². The number of amides is 1. The maximum absolute atomic E-state index is 13.4. The maximum Gasteiger partial charge on any atom is 0.352 e. The van der Waals surface area contributed by atoms with Crippen molar-refractivity contribution in [2.45, 2.75) is 20.0 Å². The first-order valence-electron chi connectivity index (χ1n) is 10.4. The van der Waals surface area contributed by atoms with E-state index in [2.05, 4.69) is 10.4 Å². The van der Waals surface area contributed by atoms with Gasteiger partial charge in [0.05, 0.1) is 12.2 Å². The summed E-state index contributed by atoms with van der Waals surface area (Å²) in [6.07, 6.45) is 0. The van der Waals surface area contributed by atoms with Crippen LogP contribution in [-0.2, 0) is 13.1 Å². The van der Waals surface area contributed by atoms with E-state index in [1.54, 1.807) is 12.1 Å². The lowest BCUT2D eigenvalue weighted by Crippen LogP contribution is -2.46. The molecule has 34 heavy (non-hydrogen) atoms. The van der Waals surface area contributed by atoms with E-state index in [-0.39, 0.29) is 18.8 Å². The predicted octanol–water partition coefficient (Wildman–Crippen LogP) is 2.96. The SMILES string of the molecule is Cc1ccc(Cn2c(=O)c(C(=O)NCc3ccc(F)cc3)nn(-c3ccc(F)cc3)c2=O)cc1. The second kappa shape index (κ2) is 9.62. The smallest absolute Gasteiger partial charge is 0.346 e. The number of carbonyl (C=O) groups excluding carboxylic acids is 1. The fourth-order valence-electron chi connectivity index (χ4n) is 3.29. The lowest BCUT2D eigenvalue weighted by Gasteiger charge is -2.12. The molecule has 1 aromatic heterocycles. The number of nitrogens with one attached hydrogen (secondary N) is 1. The molecular formula is C25H20F2N4O3. The monoisotopic (exact) mass is 462 g/mol. The maximum atomic E-state index is 13.4. The molecule has 1 heterocycles. The molecule has 9 heteroatoms. The Morgan fingerprint density at radius 3 is 2.03 bits per heavy atom. The molecule has 0 atom stereocenters. The topological polar surface area (TPSA) is 86.0 Å². The van der Waals surface area contributed by atoms with Gasteiger partial charge in [-0.25, -0.2) is 13.6 Å². The molecule has 3 aromatic carbocycles. The lowest BCUT2D eigenvalue weighted by molar-refractivity contribution is 0.0941. The van der Waals surface area contributed by atoms with E-state index in [0.717, 1.165) is 26.9 Å². The molecule has 0 radical (unpaired) electrons. The van der Waals surface area contributed by atoms with Gasteiger partial charge in [-0.15, -0.1) is 0 Å². The van der Waals surface area contributed by atoms with Crippen molar-refractivity contribution in [3.05, 3.63) is 128 Å². The Morgan fingerprint density at radius 1 is 0.853 bits per heavy atom. The van der Waals surface area contributed by atoms with Crippen molar-refractivity contribution in [2.75, 3.05) is 0 Å². The summed E-state index contributed by atoms with van der Waals surface area (Å²) in [6.45, 7) is 1.85. The number of aromatic nitrogens is 3. The van der Waals surface area contributed by atoms with Crippen LogP contribution in [0.5, 0.6) is 0 Å². The highest BCUT2D eigenvalue weighted by atomic mass is 19.1. The fraction of sp³-hybridized carbons (Fsp3) is 0.120. The van der Waals surface area contributed by atoms with Gasteiger partial charge < -0.3 is 5.32 Å². The minimum Gasteiger partial charge on any atom is -0.346 e. The van der Waals surface area contributed by atoms with Crippen molar-refractivity contribution in [3.8, 4) is 5.69 Å². The van der Waals surface area contributed by atoms with Crippen LogP contribution < -0.4 is 16.6 Å². The van der Waals surface area contributed by atoms with Gasteiger partial charge in [0.25, 0.3) is 11.5 Å². The number of benzene rings is 3. The van der Waals surface area contributed by atoms with E-state index in [1.165, 1.54) is 36.4 Å². The van der Waals surface area contributed by atoms with Crippen LogP contribution in [0.3, 0.4) is 0 Å². The zero-order valence-electron chi connectivity index (χ0n) is 18.2. The Balaban J connectivity index is 1.75. The molecule has 0 aliphatic rings. The van der Waals surface area contributed by atoms with Gasteiger partial charge in [-0.05, 0) is 54.4 Å². The van der Waals surface area contributed by atoms with Gasteiger partial charge in [0, 0.05) is 6.54 Å². The van der Waals surface area contributed by atoms with Gasteiger partial charge in [0.15, 0.2) is 0 Å². The Bertz CT molecular complexity index is 1440. The molecule has 0 saturated carbocycles. The molecule has 0 saturated heterocycles. The van der Waals surface area contributed by atoms with Gasteiger partial charge >= 0.3 is 5.69 Å². The van der Waals surface area contributed by atoms with Crippen molar-refractivity contribution >= 4 is 5.91 Å². The van der Waals surface area contributed by atoms with Gasteiger partial charge in [0.1, 0.15) is 11.6 Å². The second-order valence-corrected chi connectivity index (χ2v) is 7.71. The van der Waals surface area contributed by atoms with E-state index in [1.807, 2.05) is 19.1 Å². The van der Waals surface area contributed by atoms with E-state index < -0.39 is 34.5 Å². The third-order valence-electron chi connectivity index (χ3n) is 5.17. The van der Waals surface area contributed by atoms with Gasteiger partial charge in [-0.3, -0.25) is 14.2 Å². The minimum atomic E-state index is -0.861. The zero-order valence-corrected chi connectivity index (χ0v) is 18.2. The van der Waals surface area contributed by atoms with Crippen LogP contribution in [0.2, 0.25) is 0 Å². The van der Waals surface area contributed by atoms with Crippen molar-refractivity contribution in [1.29, 1.82) is 0 Å². The molecule has 1 amide bonds. The zero-order chi connectivity index (χ0) is 24.2. The van der Waals surface area contributed by atoms with Crippen LogP contribution in [-0.4, -0.2) is 20.3 Å². The van der Waals surface area contributed by atoms with E-state index in [0.29, 0.717) is 11.1 Å². The largest absolute Gasteiger partial charge is 0.352 e. The molecule has 0 aliphatic heterocycles. The molecule has 4 rings (SSSR count). The van der Waals surface area contributed by atoms with Crippen molar-refractivity contribution in [2.24, 2.45) is 0 Å². The first-order chi connectivity index (χ1) is 16.3. The summed E-state index contributed by atoms with van der Waals surface area (Å²) in [5.41, 5.74) is 0.360. The number of halogens is 2. The van der Waals surface area contributed by atoms with Crippen molar-refractivity contribution < 1.29 is 13.6 Å². The van der Waals surface area contributed by atoms with Crippen LogP contribution in [0, 0.1) is 18.6 Å². The average molecular weight is 462 g/mol. The Labute approximate surface area is 192 Å². The Morgan fingerprint density at radius 2 is 1.41 bits per heavy atom. The third kappa shape index (κ3) is 4.98. The molecule has 1 N–H and O–H groups in total. The first-order valence-corrected chi connectivity index (χ1v) is 10.4. The molecule has 7 nitrogen and oxygen atoms in total. The molecule has 172 valence electrons. The molecule has 0 bridgehead atoms. The van der Waals surface area contributed by atoms with Crippen molar-refractivity contribution in [3.63, 3.8) is 0 Å². The van der Waals surface area contributed by atoms with Gasteiger partial charge in [0.2, 0.25) is 5.69 Å². The average Bonchev–Trinajstić information content (AvgIpc) is 2.83. The fourth-order valence-corrected chi connectivity index (χ4v) is 3.29. The summed E-state index contributed by atoms with van der Waals surface area (Å²) >= 11 is 0. The number of carbonyl (C=O) groups is 1. The summed E-state index contributed by atoms with van der Waals surface area (Å²) in [6, 6.07) is 17.7. The summed E-state index contributed by atoms with van der Waals surface area (Å²) in [5, 5.41) is 6.56. The highest BCUT2D eigenvalue weighted by Crippen LogP contribution is 2.07. The minimum absolute atomic E-state index is 0.0217. The van der Waals surface area contributed by atoms with Gasteiger partial charge in [-0.2, -0.15) is 9.78 Å². The Kier molecular flexibility index (Phi) is 6.44. The van der Waals surface area contributed by atoms with E-state index in [9.17, 15) is 23.2 Å². The molecular weight excluding hydrogens is 442 g/mol. The number of hydrogen-bond donors (Lipinski definition) is 1. The number of rotatable bonds is 6. The van der Waals surface area contributed by atoms with Crippen LogP contribution in [0.15, 0.2) is 82.4 Å². The van der Waals surface area contributed by atoms with E-state index in [4.69, 9.17) is 0 Å². The van der Waals surface area contributed by atoms with Crippen LogP contribution in [0.1, 0.15) is 27.2 Å². The third-order valence-corrected chi connectivity index (χ3v) is 5.17. The van der Waals surface area contributed by atoms with Crippen molar-refractivity contribution in [1.82, 2.24) is 19.7 Å². The lowest BCUT2D eigenvalue weighted by atomic mass is 10.1. The second-order valence-electron chi connectivity index (χ2n) is 7.71. The summed E-state index contributed by atoms with van der Waals surface area (Å²) in [4.78, 5) is 39.1. The number of nitrogens with zero attached hydrogens (tertiary/aromatic N) is 3. The highest BCUT2D eigenvalue weighted by molar-refractivity contribution is 5.91. The normalized spacial score (nSPS) is 10.8. The highest BCUT2D eigenvalue weighted by Gasteiger charge is 2.20. The van der Waals surface area contributed by atoms with Gasteiger partial charge in [-0.1, -0.05) is 42.0 Å². The summed E-state index contributed by atoms with van der Waals surface area (Å²) < 4.78 is 28.3. The number of hydrogen-bond acceptors (Lipinski definition) is 4. The molecule has 4 aromatic rings. The quantitative estimate of drug-likeness (QED) is 0.478. The molecule has 0 aliphatic carbocycles. The van der Waals surface area contributed by atoms with Crippen LogP contribution in [0.25, 0.3) is 5.69 Å². The summed E-state index contributed by atoms with van der Waals surface area (Å²) in [7, 11) is 0. The molecule has 0 spiro atoms. The van der Waals surface area contributed by atoms with Crippen LogP contribution >= 0.6 is 0 Å². The molecule has 0 unspecified atom stereocenters. The standard InChI is InChI=1S/C25H20F2N4O3/c1-16-2-4-18(5-3-16)15-30-24(33)22(23(32)28-14-17-6-8-19(26)9-7-17)29-31(25(30)34)21-12-10-20(27)11-13-21/h2-13H,14-15H2,1H3,(H,28,32).